The summed E-state index contributed by atoms with van der Waals surface area (Å²) >= 11 is 6.16. The molecule has 2 atom stereocenters. The van der Waals surface area contributed by atoms with Crippen LogP contribution in [0.5, 0.6) is 0 Å². The van der Waals surface area contributed by atoms with Gasteiger partial charge in [-0.15, -0.1) is 16.7 Å². The van der Waals surface area contributed by atoms with Crippen LogP contribution >= 0.6 is 11.6 Å². The molecule has 1 N–H and O–H groups in total. The molecule has 1 aliphatic rings. The van der Waals surface area contributed by atoms with Crippen LogP contribution in [0.4, 0.5) is 5.82 Å². The van der Waals surface area contributed by atoms with Crippen LogP contribution in [-0.2, 0) is 0 Å². The Morgan fingerprint density at radius 1 is 1.53 bits per heavy atom. The number of hydrogen-bond acceptors (Lipinski definition) is 3. The fourth-order valence-corrected chi connectivity index (χ4v) is 2.16. The molecule has 1 fully saturated rings. The Morgan fingerprint density at radius 2 is 2.27 bits per heavy atom. The molecule has 2 rings (SSSR count). The van der Waals surface area contributed by atoms with Gasteiger partial charge in [0.25, 0.3) is 0 Å². The van der Waals surface area contributed by atoms with Crippen LogP contribution in [0.15, 0.2) is 12.3 Å². The molecule has 2 unspecified atom stereocenters. The summed E-state index contributed by atoms with van der Waals surface area (Å²) < 4.78 is 0. The number of anilines is 1. The Morgan fingerprint density at radius 3 is 2.80 bits per heavy atom. The molecule has 1 aromatic heterocycles. The molecule has 3 nitrogen and oxygen atoms in total. The van der Waals surface area contributed by atoms with E-state index in [9.17, 15) is 0 Å². The van der Waals surface area contributed by atoms with Crippen LogP contribution < -0.4 is 5.32 Å². The zero-order valence-corrected chi connectivity index (χ0v) is 10.0. The van der Waals surface area contributed by atoms with Crippen LogP contribution in [0.25, 0.3) is 0 Å². The van der Waals surface area contributed by atoms with Crippen LogP contribution in [-0.4, -0.2) is 21.6 Å². The van der Waals surface area contributed by atoms with E-state index in [1.54, 1.807) is 6.20 Å². The Hall–Kier alpha value is -0.830. The zero-order valence-electron chi connectivity index (χ0n) is 9.29. The van der Waals surface area contributed by atoms with Crippen molar-refractivity contribution in [3.05, 3.63) is 17.8 Å². The van der Waals surface area contributed by atoms with Gasteiger partial charge in [-0.05, 0) is 25.0 Å². The number of alkyl halides is 1. The summed E-state index contributed by atoms with van der Waals surface area (Å²) in [5.74, 6) is 0.844. The number of nitrogens with one attached hydrogen (secondary N) is 1. The first-order valence-electron chi connectivity index (χ1n) is 5.20. The van der Waals surface area contributed by atoms with E-state index in [2.05, 4.69) is 29.4 Å². The maximum Gasteiger partial charge on any atom is 0.149 e. The SMILES string of the molecule is Cc1cnnc(NC2CC(Cl)C2(C)C)c1. The molecule has 1 saturated carbocycles. The molecule has 0 radical (unpaired) electrons. The summed E-state index contributed by atoms with van der Waals surface area (Å²) in [6.45, 7) is 6.36. The number of aromatic nitrogens is 2. The molecule has 0 saturated heterocycles. The van der Waals surface area contributed by atoms with Crippen molar-refractivity contribution in [1.29, 1.82) is 0 Å². The summed E-state index contributed by atoms with van der Waals surface area (Å²) in [5, 5.41) is 11.6. The van der Waals surface area contributed by atoms with E-state index in [0.29, 0.717) is 6.04 Å². The summed E-state index contributed by atoms with van der Waals surface area (Å²) in [5.41, 5.74) is 1.25. The predicted molar refractivity (Wildman–Crippen MR) is 62.2 cm³/mol. The molecule has 0 aromatic carbocycles. The van der Waals surface area contributed by atoms with E-state index >= 15 is 0 Å². The molecule has 82 valence electrons. The van der Waals surface area contributed by atoms with Gasteiger partial charge in [0.15, 0.2) is 0 Å². The highest BCUT2D eigenvalue weighted by atomic mass is 35.5. The first kappa shape index (κ1) is 10.7. The highest BCUT2D eigenvalue weighted by Crippen LogP contribution is 2.45. The van der Waals surface area contributed by atoms with E-state index in [4.69, 9.17) is 11.6 Å². The van der Waals surface area contributed by atoms with Crippen LogP contribution in [0.3, 0.4) is 0 Å². The van der Waals surface area contributed by atoms with E-state index in [0.717, 1.165) is 17.8 Å². The van der Waals surface area contributed by atoms with Crippen molar-refractivity contribution >= 4 is 17.4 Å². The van der Waals surface area contributed by atoms with E-state index in [-0.39, 0.29) is 10.8 Å². The molecule has 1 aromatic rings. The normalized spacial score (nSPS) is 28.3. The van der Waals surface area contributed by atoms with Gasteiger partial charge in [-0.25, -0.2) is 0 Å². The fraction of sp³-hybridized carbons (Fsp3) is 0.636. The fourth-order valence-electron chi connectivity index (χ4n) is 1.83. The number of halogens is 1. The largest absolute Gasteiger partial charge is 0.365 e. The van der Waals surface area contributed by atoms with Gasteiger partial charge in [-0.2, -0.15) is 5.10 Å². The zero-order chi connectivity index (χ0) is 11.1. The minimum atomic E-state index is 0.132. The second-order valence-corrected chi connectivity index (χ2v) is 5.37. The molecule has 0 spiro atoms. The quantitative estimate of drug-likeness (QED) is 0.787. The molecule has 1 aliphatic carbocycles. The van der Waals surface area contributed by atoms with Crippen LogP contribution in [0.1, 0.15) is 25.8 Å². The average Bonchev–Trinajstić information content (AvgIpc) is 2.17. The van der Waals surface area contributed by atoms with Crippen LogP contribution in [0.2, 0.25) is 0 Å². The molecule has 0 aliphatic heterocycles. The van der Waals surface area contributed by atoms with Gasteiger partial charge >= 0.3 is 0 Å². The van der Waals surface area contributed by atoms with Gasteiger partial charge in [-0.1, -0.05) is 13.8 Å². The number of rotatable bonds is 2. The lowest BCUT2D eigenvalue weighted by molar-refractivity contribution is 0.168. The Bertz CT molecular complexity index is 365. The van der Waals surface area contributed by atoms with Crippen molar-refractivity contribution in [1.82, 2.24) is 10.2 Å². The maximum atomic E-state index is 6.16. The van der Waals surface area contributed by atoms with Gasteiger partial charge < -0.3 is 5.32 Å². The Labute approximate surface area is 95.2 Å². The number of aryl methyl sites for hydroxylation is 1. The number of nitrogens with zero attached hydrogens (tertiary/aromatic N) is 2. The molecule has 0 bridgehead atoms. The second-order valence-electron chi connectivity index (χ2n) is 4.84. The summed E-state index contributed by atoms with van der Waals surface area (Å²) in [4.78, 5) is 0. The molecule has 4 heteroatoms. The standard InChI is InChI=1S/C11H16ClN3/c1-7-4-10(15-13-6-7)14-9-5-8(12)11(9,2)3/h4,6,8-9H,5H2,1-3H3,(H,14,15). The third kappa shape index (κ3) is 1.93. The molecule has 15 heavy (non-hydrogen) atoms. The molecule has 1 heterocycles. The first-order chi connectivity index (χ1) is 7.00. The van der Waals surface area contributed by atoms with Gasteiger partial charge in [0.05, 0.1) is 6.20 Å². The summed E-state index contributed by atoms with van der Waals surface area (Å²) in [6.07, 6.45) is 2.74. The smallest absolute Gasteiger partial charge is 0.149 e. The molecule has 0 amide bonds. The maximum absolute atomic E-state index is 6.16. The summed E-state index contributed by atoms with van der Waals surface area (Å²) in [6, 6.07) is 2.40. The van der Waals surface area contributed by atoms with E-state index in [1.807, 2.05) is 13.0 Å². The average molecular weight is 226 g/mol. The second kappa shape index (κ2) is 3.63. The van der Waals surface area contributed by atoms with E-state index in [1.165, 1.54) is 0 Å². The van der Waals surface area contributed by atoms with Crippen molar-refractivity contribution < 1.29 is 0 Å². The van der Waals surface area contributed by atoms with Crippen molar-refractivity contribution in [3.8, 4) is 0 Å². The highest BCUT2D eigenvalue weighted by molar-refractivity contribution is 6.21. The van der Waals surface area contributed by atoms with Crippen molar-refractivity contribution in [2.45, 2.75) is 38.6 Å². The van der Waals surface area contributed by atoms with E-state index < -0.39 is 0 Å². The van der Waals surface area contributed by atoms with Gasteiger partial charge in [0.1, 0.15) is 5.82 Å². The third-order valence-electron chi connectivity index (χ3n) is 3.26. The van der Waals surface area contributed by atoms with Crippen LogP contribution in [0, 0.1) is 12.3 Å². The Balaban J connectivity index is 2.05. The lowest BCUT2D eigenvalue weighted by Gasteiger charge is -2.49. The molecular formula is C11H16ClN3. The highest BCUT2D eigenvalue weighted by Gasteiger charge is 2.47. The van der Waals surface area contributed by atoms with Crippen molar-refractivity contribution in [2.24, 2.45) is 5.41 Å². The lowest BCUT2D eigenvalue weighted by atomic mass is 9.67. The minimum Gasteiger partial charge on any atom is -0.365 e. The van der Waals surface area contributed by atoms with Gasteiger partial charge in [-0.3, -0.25) is 0 Å². The van der Waals surface area contributed by atoms with Crippen molar-refractivity contribution in [2.75, 3.05) is 5.32 Å². The third-order valence-corrected chi connectivity index (χ3v) is 4.00. The Kier molecular flexibility index (Phi) is 2.59. The minimum absolute atomic E-state index is 0.132. The number of hydrogen-bond donors (Lipinski definition) is 1. The summed E-state index contributed by atoms with van der Waals surface area (Å²) in [7, 11) is 0. The first-order valence-corrected chi connectivity index (χ1v) is 5.64. The predicted octanol–water partition coefficient (Wildman–Crippen LogP) is 2.60. The van der Waals surface area contributed by atoms with Crippen molar-refractivity contribution in [3.63, 3.8) is 0 Å². The monoisotopic (exact) mass is 225 g/mol. The topological polar surface area (TPSA) is 37.8 Å². The lowest BCUT2D eigenvalue weighted by Crippen LogP contribution is -2.54. The van der Waals surface area contributed by atoms with Gasteiger partial charge in [0, 0.05) is 16.8 Å². The van der Waals surface area contributed by atoms with Gasteiger partial charge in [0.2, 0.25) is 0 Å². The molecular weight excluding hydrogens is 210 g/mol.